The molecule has 0 aliphatic heterocycles. The predicted octanol–water partition coefficient (Wildman–Crippen LogP) is 13.6. The van der Waals surface area contributed by atoms with E-state index in [2.05, 4.69) is 207 Å². The molecule has 50 heavy (non-hydrogen) atoms. The van der Waals surface area contributed by atoms with E-state index in [1.54, 1.807) is 0 Å². The summed E-state index contributed by atoms with van der Waals surface area (Å²) in [6.45, 7) is 4.69. The van der Waals surface area contributed by atoms with Crippen molar-refractivity contribution in [2.75, 3.05) is 4.90 Å². The number of hydrogen-bond acceptors (Lipinski definition) is 1. The number of para-hydroxylation sites is 1. The van der Waals surface area contributed by atoms with Crippen LogP contribution in [0.4, 0.5) is 17.1 Å². The second kappa shape index (κ2) is 12.1. The minimum absolute atomic E-state index is 0.0185. The number of benzene rings is 8. The lowest BCUT2D eigenvalue weighted by Gasteiger charge is -2.26. The Bertz CT molecular complexity index is 2480. The first-order valence-corrected chi connectivity index (χ1v) is 17.4. The molecule has 0 N–H and O–H groups in total. The van der Waals surface area contributed by atoms with Crippen molar-refractivity contribution in [3.63, 3.8) is 0 Å². The first-order chi connectivity index (χ1) is 24.5. The van der Waals surface area contributed by atoms with Gasteiger partial charge in [0.1, 0.15) is 0 Å². The van der Waals surface area contributed by atoms with E-state index in [4.69, 9.17) is 0 Å². The summed E-state index contributed by atoms with van der Waals surface area (Å²) < 4.78 is 0. The van der Waals surface area contributed by atoms with Crippen LogP contribution in [0, 0.1) is 0 Å². The van der Waals surface area contributed by atoms with Crippen LogP contribution < -0.4 is 4.90 Å². The van der Waals surface area contributed by atoms with E-state index < -0.39 is 0 Å². The van der Waals surface area contributed by atoms with Crippen LogP contribution >= 0.6 is 0 Å². The smallest absolute Gasteiger partial charge is 0.0462 e. The van der Waals surface area contributed by atoms with Gasteiger partial charge in [-0.15, -0.1) is 0 Å². The molecular formula is C49H37N. The van der Waals surface area contributed by atoms with Crippen molar-refractivity contribution in [1.29, 1.82) is 0 Å². The molecule has 0 heterocycles. The molecule has 8 aromatic carbocycles. The molecule has 0 amide bonds. The molecule has 0 aromatic heterocycles. The van der Waals surface area contributed by atoms with Gasteiger partial charge in [0, 0.05) is 22.5 Å². The van der Waals surface area contributed by atoms with Gasteiger partial charge in [0.15, 0.2) is 0 Å². The Morgan fingerprint density at radius 2 is 0.860 bits per heavy atom. The van der Waals surface area contributed by atoms with E-state index in [1.165, 1.54) is 66.4 Å². The second-order valence-electron chi connectivity index (χ2n) is 13.8. The third-order valence-corrected chi connectivity index (χ3v) is 10.5. The van der Waals surface area contributed by atoms with Crippen LogP contribution in [0.25, 0.3) is 55.3 Å². The zero-order chi connectivity index (χ0) is 33.7. The Labute approximate surface area is 294 Å². The largest absolute Gasteiger partial charge is 0.311 e. The number of anilines is 3. The molecule has 1 nitrogen and oxygen atoms in total. The molecule has 0 bridgehead atoms. The summed E-state index contributed by atoms with van der Waals surface area (Å²) in [5.74, 6) is 0. The van der Waals surface area contributed by atoms with Crippen LogP contribution in [0.1, 0.15) is 25.0 Å². The Kier molecular flexibility index (Phi) is 7.21. The molecule has 0 spiro atoms. The average molecular weight is 640 g/mol. The van der Waals surface area contributed by atoms with Gasteiger partial charge < -0.3 is 4.90 Å². The fraction of sp³-hybridized carbons (Fsp3) is 0.0612. The van der Waals surface area contributed by atoms with Gasteiger partial charge in [-0.2, -0.15) is 0 Å². The fourth-order valence-corrected chi connectivity index (χ4v) is 7.86. The molecule has 0 saturated heterocycles. The SMILES string of the molecule is CC1(C)c2ccccc2-c2ccc(-c3ccc(N(c4ccccc4)c4ccc(-c5cccc(-c6cccc7ccccc67)c5)cc4)cc3)cc21. The minimum Gasteiger partial charge on any atom is -0.311 e. The molecule has 0 unspecified atom stereocenters. The summed E-state index contributed by atoms with van der Waals surface area (Å²) in [5, 5.41) is 2.54. The highest BCUT2D eigenvalue weighted by Crippen LogP contribution is 2.49. The molecule has 9 rings (SSSR count). The van der Waals surface area contributed by atoms with Crippen LogP contribution in [0.2, 0.25) is 0 Å². The molecule has 1 aliphatic carbocycles. The van der Waals surface area contributed by atoms with Crippen LogP contribution in [-0.2, 0) is 5.41 Å². The zero-order valence-corrected chi connectivity index (χ0v) is 28.3. The number of nitrogens with zero attached hydrogens (tertiary/aromatic N) is 1. The predicted molar refractivity (Wildman–Crippen MR) is 213 cm³/mol. The van der Waals surface area contributed by atoms with Gasteiger partial charge in [-0.3, -0.25) is 0 Å². The van der Waals surface area contributed by atoms with E-state index in [9.17, 15) is 0 Å². The van der Waals surface area contributed by atoms with Gasteiger partial charge >= 0.3 is 0 Å². The summed E-state index contributed by atoms with van der Waals surface area (Å²) in [6, 6.07) is 68.5. The van der Waals surface area contributed by atoms with Gasteiger partial charge in [-0.25, -0.2) is 0 Å². The Balaban J connectivity index is 1.04. The van der Waals surface area contributed by atoms with Gasteiger partial charge in [0.25, 0.3) is 0 Å². The standard InChI is InChI=1S/C49H37N/c1-49(2)47-21-9-8-19-45(47)46-31-26-38(33-48(46)49)35-24-29-42(30-25-35)50(40-16-4-3-5-17-40)41-27-22-34(23-28-41)37-14-10-15-39(32-37)44-20-11-13-36-12-6-7-18-43(36)44/h3-33H,1-2H3. The molecule has 8 aromatic rings. The topological polar surface area (TPSA) is 3.24 Å². The maximum absolute atomic E-state index is 2.40. The van der Waals surface area contributed by atoms with Crippen LogP contribution in [0.5, 0.6) is 0 Å². The number of fused-ring (bicyclic) bond motifs is 4. The quantitative estimate of drug-likeness (QED) is 0.175. The van der Waals surface area contributed by atoms with E-state index in [1.807, 2.05) is 0 Å². The van der Waals surface area contributed by atoms with E-state index in [0.717, 1.165) is 17.1 Å². The van der Waals surface area contributed by atoms with Gasteiger partial charge in [-0.1, -0.05) is 153 Å². The zero-order valence-electron chi connectivity index (χ0n) is 28.3. The monoisotopic (exact) mass is 639 g/mol. The molecule has 0 saturated carbocycles. The van der Waals surface area contributed by atoms with Crippen molar-refractivity contribution in [3.8, 4) is 44.5 Å². The van der Waals surface area contributed by atoms with Crippen molar-refractivity contribution in [2.24, 2.45) is 0 Å². The third-order valence-electron chi connectivity index (χ3n) is 10.5. The maximum Gasteiger partial charge on any atom is 0.0462 e. The number of rotatable bonds is 6. The second-order valence-corrected chi connectivity index (χ2v) is 13.8. The Hall–Kier alpha value is -6.18. The van der Waals surface area contributed by atoms with Gasteiger partial charge in [-0.05, 0) is 115 Å². The van der Waals surface area contributed by atoms with Gasteiger partial charge in [0.05, 0.1) is 0 Å². The lowest BCUT2D eigenvalue weighted by Crippen LogP contribution is -2.14. The Morgan fingerprint density at radius 1 is 0.340 bits per heavy atom. The van der Waals surface area contributed by atoms with Crippen molar-refractivity contribution in [2.45, 2.75) is 19.3 Å². The third kappa shape index (κ3) is 5.11. The average Bonchev–Trinajstić information content (AvgIpc) is 3.41. The van der Waals surface area contributed by atoms with E-state index in [0.29, 0.717) is 0 Å². The van der Waals surface area contributed by atoms with Crippen LogP contribution in [-0.4, -0.2) is 0 Å². The summed E-state index contributed by atoms with van der Waals surface area (Å²) >= 11 is 0. The molecule has 1 heteroatoms. The first kappa shape index (κ1) is 29.9. The summed E-state index contributed by atoms with van der Waals surface area (Å²) in [4.78, 5) is 2.34. The molecule has 0 radical (unpaired) electrons. The fourth-order valence-electron chi connectivity index (χ4n) is 7.86. The lowest BCUT2D eigenvalue weighted by molar-refractivity contribution is 0.660. The van der Waals surface area contributed by atoms with Crippen molar-refractivity contribution in [1.82, 2.24) is 0 Å². The van der Waals surface area contributed by atoms with Crippen molar-refractivity contribution in [3.05, 3.63) is 199 Å². The van der Waals surface area contributed by atoms with Crippen LogP contribution in [0.3, 0.4) is 0 Å². The highest BCUT2D eigenvalue weighted by atomic mass is 15.1. The highest BCUT2D eigenvalue weighted by Gasteiger charge is 2.35. The molecular weight excluding hydrogens is 603 g/mol. The van der Waals surface area contributed by atoms with Crippen molar-refractivity contribution >= 4 is 27.8 Å². The molecule has 0 fully saturated rings. The van der Waals surface area contributed by atoms with E-state index >= 15 is 0 Å². The molecule has 238 valence electrons. The van der Waals surface area contributed by atoms with E-state index in [-0.39, 0.29) is 5.41 Å². The molecule has 1 aliphatic rings. The summed E-state index contributed by atoms with van der Waals surface area (Å²) in [6.07, 6.45) is 0. The summed E-state index contributed by atoms with van der Waals surface area (Å²) in [7, 11) is 0. The first-order valence-electron chi connectivity index (χ1n) is 17.4. The summed E-state index contributed by atoms with van der Waals surface area (Å²) in [5.41, 5.74) is 16.2. The van der Waals surface area contributed by atoms with Crippen molar-refractivity contribution < 1.29 is 0 Å². The minimum atomic E-state index is -0.0185. The van der Waals surface area contributed by atoms with Gasteiger partial charge in [0.2, 0.25) is 0 Å². The molecule has 0 atom stereocenters. The Morgan fingerprint density at radius 3 is 1.62 bits per heavy atom. The highest BCUT2D eigenvalue weighted by molar-refractivity contribution is 5.97. The maximum atomic E-state index is 2.40. The lowest BCUT2D eigenvalue weighted by atomic mass is 9.81. The number of hydrogen-bond donors (Lipinski definition) is 0. The normalized spacial score (nSPS) is 12.8. The van der Waals surface area contributed by atoms with Crippen LogP contribution in [0.15, 0.2) is 188 Å².